The number of fused-ring (bicyclic) bond motifs is 2. The maximum Gasteiger partial charge on any atom is 0.410 e. The van der Waals surface area contributed by atoms with Gasteiger partial charge in [0.05, 0.1) is 37.2 Å². The number of nitrogens with one attached hydrogen (secondary N) is 3. The summed E-state index contributed by atoms with van der Waals surface area (Å²) in [5.41, 5.74) is 0.425. The SMILES string of the molecule is CN(CC1CN(c2cnc(C(=O)O)cn2)C1)C(=O)OC(C)(C)C.CNCC1CN(c2cnc(C(=O)Nc3cc(F)c4nc(C)oc4c3)cn2)C1.Cc1nc2c(F)cc(NC(=O)c3cnc(N4CC(CN(C)C(=O)OC(C)(C)C)C4)cn3)cc2o1. The van der Waals surface area contributed by atoms with Gasteiger partial charge in [-0.1, -0.05) is 0 Å². The first-order valence-corrected chi connectivity index (χ1v) is 26.9. The number of aryl methyl sites for hydroxylation is 2. The van der Waals surface area contributed by atoms with E-state index in [-0.39, 0.29) is 68.8 Å². The molecule has 0 aliphatic carbocycles. The van der Waals surface area contributed by atoms with Crippen LogP contribution in [0.3, 0.4) is 0 Å². The van der Waals surface area contributed by atoms with Crippen LogP contribution < -0.4 is 30.7 Å². The molecule has 28 heteroatoms. The lowest BCUT2D eigenvalue weighted by molar-refractivity contribution is 0.0255. The molecule has 8 heterocycles. The summed E-state index contributed by atoms with van der Waals surface area (Å²) >= 11 is 0. The fourth-order valence-electron chi connectivity index (χ4n) is 9.06. The van der Waals surface area contributed by atoms with Crippen molar-refractivity contribution in [1.29, 1.82) is 0 Å². The van der Waals surface area contributed by atoms with E-state index in [9.17, 15) is 32.8 Å². The quantitative estimate of drug-likeness (QED) is 0.0846. The normalized spacial score (nSPS) is 14.5. The van der Waals surface area contributed by atoms with Crippen LogP contribution in [-0.2, 0) is 9.47 Å². The Morgan fingerprint density at radius 2 is 0.940 bits per heavy atom. The number of aromatic carboxylic acids is 1. The summed E-state index contributed by atoms with van der Waals surface area (Å²) in [6, 6.07) is 5.41. The Bertz CT molecular complexity index is 3480. The molecule has 84 heavy (non-hydrogen) atoms. The van der Waals surface area contributed by atoms with Gasteiger partial charge in [-0.2, -0.15) is 0 Å². The zero-order valence-corrected chi connectivity index (χ0v) is 48.6. The first-order chi connectivity index (χ1) is 39.7. The summed E-state index contributed by atoms with van der Waals surface area (Å²) in [5.74, 6) is 0.697. The lowest BCUT2D eigenvalue weighted by atomic mass is 10.00. The highest BCUT2D eigenvalue weighted by molar-refractivity contribution is 6.04. The average molecular weight is 1160 g/mol. The molecule has 4 N–H and O–H groups in total. The highest BCUT2D eigenvalue weighted by Gasteiger charge is 2.33. The lowest BCUT2D eigenvalue weighted by Crippen LogP contribution is -2.52. The van der Waals surface area contributed by atoms with Crippen molar-refractivity contribution in [1.82, 2.24) is 55.0 Å². The number of benzene rings is 2. The van der Waals surface area contributed by atoms with Crippen molar-refractivity contribution in [3.63, 3.8) is 0 Å². The fraction of sp³-hybridized carbons (Fsp3) is 0.446. The number of nitrogens with zero attached hydrogens (tertiary/aromatic N) is 13. The zero-order chi connectivity index (χ0) is 60.8. The third-order valence-corrected chi connectivity index (χ3v) is 13.0. The van der Waals surface area contributed by atoms with Gasteiger partial charge in [0.2, 0.25) is 0 Å². The van der Waals surface area contributed by atoms with Crippen LogP contribution in [0.15, 0.2) is 70.3 Å². The van der Waals surface area contributed by atoms with Crippen molar-refractivity contribution in [2.45, 2.75) is 66.6 Å². The molecule has 0 saturated carbocycles. The number of ether oxygens (including phenoxy) is 2. The number of amides is 4. The number of carboxylic acid groups (broad SMARTS) is 1. The summed E-state index contributed by atoms with van der Waals surface area (Å²) in [7, 11) is 5.37. The van der Waals surface area contributed by atoms with E-state index in [1.165, 1.54) is 55.2 Å². The van der Waals surface area contributed by atoms with Crippen molar-refractivity contribution in [3.8, 4) is 0 Å². The Hall–Kier alpha value is -9.21. The largest absolute Gasteiger partial charge is 0.476 e. The Balaban J connectivity index is 0.000000168. The van der Waals surface area contributed by atoms with E-state index < -0.39 is 40.6 Å². The first-order valence-electron chi connectivity index (χ1n) is 26.9. The second-order valence-electron chi connectivity index (χ2n) is 22.7. The van der Waals surface area contributed by atoms with Crippen LogP contribution in [-0.4, -0.2) is 176 Å². The van der Waals surface area contributed by atoms with Gasteiger partial charge in [0.25, 0.3) is 11.8 Å². The summed E-state index contributed by atoms with van der Waals surface area (Å²) in [6.45, 7) is 21.1. The van der Waals surface area contributed by atoms with E-state index in [1.54, 1.807) is 43.9 Å². The maximum atomic E-state index is 14.2. The number of aromatic nitrogens is 8. The maximum absolute atomic E-state index is 14.2. The Morgan fingerprint density at radius 3 is 1.26 bits per heavy atom. The molecule has 3 saturated heterocycles. The number of carboxylic acids is 1. The van der Waals surface area contributed by atoms with E-state index in [4.69, 9.17) is 23.4 Å². The second kappa shape index (κ2) is 25.5. The topological polar surface area (TPSA) is 306 Å². The molecular formula is C56H68F2N16O10. The molecule has 10 rings (SSSR count). The van der Waals surface area contributed by atoms with Gasteiger partial charge in [0.15, 0.2) is 40.3 Å². The number of carbonyl (C=O) groups excluding carboxylic acids is 4. The number of hydrogen-bond acceptors (Lipinski definition) is 21. The standard InChI is InChI=1S/C23H27FN6O4.C18H19FN6O2.C15H22N4O4/c1-13-27-20-16(24)6-15(7-18(20)33-13)28-21(31)17-8-26-19(9-25-17)30-11-14(12-30)10-29(5)22(32)34-23(2,3)4;1-10-23-17-13(19)3-12(4-15(17)27-10)24-18(26)14-6-22-16(7-21-14)25-8-11(9-25)5-20-2;1-15(2,3)23-14(22)18(4)7-10-8-19(9-10)12-6-16-11(5-17-12)13(20)21/h6-9,14H,10-12H2,1-5H3,(H,28,31);3-4,6-7,11,20H,5,8-9H2,1-2H3,(H,24,26);5-6,10H,7-9H2,1-4H3,(H,20,21). The minimum atomic E-state index is -1.09. The molecule has 446 valence electrons. The minimum Gasteiger partial charge on any atom is -0.476 e. The second-order valence-corrected chi connectivity index (χ2v) is 22.7. The Kier molecular flexibility index (Phi) is 18.5. The molecule has 0 bridgehead atoms. The van der Waals surface area contributed by atoms with E-state index >= 15 is 0 Å². The molecule has 7 aromatic rings. The molecule has 5 aromatic heterocycles. The van der Waals surface area contributed by atoms with E-state index in [2.05, 4.69) is 60.7 Å². The molecule has 0 radical (unpaired) electrons. The molecule has 0 unspecified atom stereocenters. The van der Waals surface area contributed by atoms with Gasteiger partial charge in [0, 0.05) is 128 Å². The fourth-order valence-corrected chi connectivity index (χ4v) is 9.06. The van der Waals surface area contributed by atoms with Gasteiger partial charge in [0.1, 0.15) is 51.1 Å². The van der Waals surface area contributed by atoms with Gasteiger partial charge in [-0.05, 0) is 60.7 Å². The van der Waals surface area contributed by atoms with Gasteiger partial charge in [-0.25, -0.2) is 63.0 Å². The van der Waals surface area contributed by atoms with Crippen molar-refractivity contribution in [2.75, 3.05) is 105 Å². The van der Waals surface area contributed by atoms with Crippen LogP contribution >= 0.6 is 0 Å². The predicted molar refractivity (Wildman–Crippen MR) is 305 cm³/mol. The summed E-state index contributed by atoms with van der Waals surface area (Å²) < 4.78 is 49.6. The molecule has 0 spiro atoms. The zero-order valence-electron chi connectivity index (χ0n) is 48.6. The van der Waals surface area contributed by atoms with Crippen LogP contribution in [0, 0.1) is 43.2 Å². The molecule has 3 aliphatic heterocycles. The summed E-state index contributed by atoms with van der Waals surface area (Å²) in [5, 5.41) is 17.2. The third kappa shape index (κ3) is 15.9. The van der Waals surface area contributed by atoms with Crippen molar-refractivity contribution >= 4 is 81.0 Å². The van der Waals surface area contributed by atoms with E-state index in [0.717, 1.165) is 38.5 Å². The highest BCUT2D eigenvalue weighted by atomic mass is 19.1. The number of oxazole rings is 2. The molecule has 2 aromatic carbocycles. The molecule has 4 amide bonds. The number of rotatable bonds is 14. The average Bonchev–Trinajstić information content (AvgIpc) is 3.62. The van der Waals surface area contributed by atoms with Gasteiger partial charge >= 0.3 is 18.2 Å². The number of carbonyl (C=O) groups is 5. The van der Waals surface area contributed by atoms with Gasteiger partial charge in [-0.15, -0.1) is 0 Å². The van der Waals surface area contributed by atoms with Gasteiger partial charge < -0.3 is 63.9 Å². The van der Waals surface area contributed by atoms with Crippen molar-refractivity contribution in [2.24, 2.45) is 17.8 Å². The molecule has 26 nitrogen and oxygen atoms in total. The summed E-state index contributed by atoms with van der Waals surface area (Å²) in [6.07, 6.45) is 7.91. The Labute approximate surface area is 482 Å². The smallest absolute Gasteiger partial charge is 0.410 e. The third-order valence-electron chi connectivity index (χ3n) is 13.0. The van der Waals surface area contributed by atoms with Crippen LogP contribution in [0.1, 0.15) is 84.8 Å². The minimum absolute atomic E-state index is 0.0736. The molecule has 0 atom stereocenters. The number of hydrogen-bond donors (Lipinski definition) is 4. The van der Waals surface area contributed by atoms with Crippen molar-refractivity contribution in [3.05, 3.63) is 102 Å². The van der Waals surface area contributed by atoms with E-state index in [1.807, 2.05) is 58.4 Å². The van der Waals surface area contributed by atoms with Crippen LogP contribution in [0.4, 0.5) is 47.2 Å². The monoisotopic (exact) mass is 1160 g/mol. The van der Waals surface area contributed by atoms with Crippen LogP contribution in [0.5, 0.6) is 0 Å². The van der Waals surface area contributed by atoms with E-state index in [0.29, 0.717) is 61.4 Å². The Morgan fingerprint density at radius 1 is 0.583 bits per heavy atom. The summed E-state index contributed by atoms with van der Waals surface area (Å²) in [4.78, 5) is 102. The molecule has 3 aliphatic rings. The van der Waals surface area contributed by atoms with Crippen LogP contribution in [0.25, 0.3) is 22.2 Å². The first kappa shape index (κ1) is 60.9. The van der Waals surface area contributed by atoms with Gasteiger partial charge in [-0.3, -0.25) is 9.59 Å². The van der Waals surface area contributed by atoms with Crippen LogP contribution in [0.2, 0.25) is 0 Å². The lowest BCUT2D eigenvalue weighted by Gasteiger charge is -2.41. The highest BCUT2D eigenvalue weighted by Crippen LogP contribution is 2.28. The van der Waals surface area contributed by atoms with Crippen molar-refractivity contribution < 1.29 is 56.2 Å². The molecule has 3 fully saturated rings. The molecular weight excluding hydrogens is 1090 g/mol. The number of anilines is 5. The predicted octanol–water partition coefficient (Wildman–Crippen LogP) is 7.07. The number of halogens is 2.